The highest BCUT2D eigenvalue weighted by Crippen LogP contribution is 2.27. The molecule has 0 unspecified atom stereocenters. The fourth-order valence-corrected chi connectivity index (χ4v) is 2.58. The van der Waals surface area contributed by atoms with Crippen LogP contribution in [0.25, 0.3) is 0 Å². The molecular weight excluding hydrogens is 212 g/mol. The molecule has 1 aliphatic carbocycles. The first-order chi connectivity index (χ1) is 8.33. The second-order valence-electron chi connectivity index (χ2n) is 5.08. The first kappa shape index (κ1) is 14.3. The standard InChI is InChI=1S/C15H26O2/c1-2-13-17-15(16)12-8-4-7-11-14-9-5-3-6-10-14/h2,14H,1,3-13H2. The molecule has 0 amide bonds. The minimum atomic E-state index is -0.0810. The van der Waals surface area contributed by atoms with Gasteiger partial charge in [-0.3, -0.25) is 4.79 Å². The quantitative estimate of drug-likeness (QED) is 0.359. The third-order valence-electron chi connectivity index (χ3n) is 3.58. The molecule has 0 aromatic rings. The molecule has 1 rings (SSSR count). The van der Waals surface area contributed by atoms with E-state index in [1.165, 1.54) is 51.4 Å². The first-order valence-corrected chi connectivity index (χ1v) is 7.09. The SMILES string of the molecule is C=CCOC(=O)CCCCCC1CCCCC1. The van der Waals surface area contributed by atoms with Crippen molar-refractivity contribution in [2.75, 3.05) is 6.61 Å². The molecule has 0 atom stereocenters. The Kier molecular flexibility index (Phi) is 7.78. The Bertz CT molecular complexity index is 217. The summed E-state index contributed by atoms with van der Waals surface area (Å²) in [6.45, 7) is 3.87. The molecule has 1 saturated carbocycles. The minimum absolute atomic E-state index is 0.0810. The maximum atomic E-state index is 11.2. The van der Waals surface area contributed by atoms with Crippen molar-refractivity contribution in [3.63, 3.8) is 0 Å². The van der Waals surface area contributed by atoms with Gasteiger partial charge in [0.15, 0.2) is 0 Å². The zero-order valence-corrected chi connectivity index (χ0v) is 11.0. The zero-order chi connectivity index (χ0) is 12.3. The van der Waals surface area contributed by atoms with Crippen LogP contribution in [0.1, 0.15) is 64.2 Å². The van der Waals surface area contributed by atoms with E-state index in [1.807, 2.05) is 0 Å². The van der Waals surface area contributed by atoms with Crippen molar-refractivity contribution in [1.82, 2.24) is 0 Å². The molecule has 0 bridgehead atoms. The van der Waals surface area contributed by atoms with E-state index < -0.39 is 0 Å². The van der Waals surface area contributed by atoms with Gasteiger partial charge in [0.1, 0.15) is 6.61 Å². The highest BCUT2D eigenvalue weighted by Gasteiger charge is 2.12. The summed E-state index contributed by atoms with van der Waals surface area (Å²) in [4.78, 5) is 11.2. The van der Waals surface area contributed by atoms with Crippen molar-refractivity contribution >= 4 is 5.97 Å². The third kappa shape index (κ3) is 7.19. The lowest BCUT2D eigenvalue weighted by Crippen LogP contribution is -2.06. The average Bonchev–Trinajstić information content (AvgIpc) is 2.37. The summed E-state index contributed by atoms with van der Waals surface area (Å²) < 4.78 is 4.93. The average molecular weight is 238 g/mol. The largest absolute Gasteiger partial charge is 0.461 e. The summed E-state index contributed by atoms with van der Waals surface area (Å²) in [5, 5.41) is 0. The van der Waals surface area contributed by atoms with Crippen LogP contribution in [0.2, 0.25) is 0 Å². The van der Waals surface area contributed by atoms with Gasteiger partial charge in [0.2, 0.25) is 0 Å². The van der Waals surface area contributed by atoms with E-state index in [0.717, 1.165) is 12.3 Å². The highest BCUT2D eigenvalue weighted by atomic mass is 16.5. The molecule has 0 aromatic carbocycles. The molecule has 98 valence electrons. The van der Waals surface area contributed by atoms with Crippen LogP contribution in [-0.2, 0) is 9.53 Å². The van der Waals surface area contributed by atoms with Crippen LogP contribution in [-0.4, -0.2) is 12.6 Å². The maximum Gasteiger partial charge on any atom is 0.306 e. The number of rotatable bonds is 8. The molecular formula is C15H26O2. The number of hydrogen-bond acceptors (Lipinski definition) is 2. The van der Waals surface area contributed by atoms with Crippen LogP contribution in [0.15, 0.2) is 12.7 Å². The Balaban J connectivity index is 1.89. The van der Waals surface area contributed by atoms with Crippen molar-refractivity contribution in [1.29, 1.82) is 0 Å². The van der Waals surface area contributed by atoms with Crippen LogP contribution in [0.5, 0.6) is 0 Å². The number of hydrogen-bond donors (Lipinski definition) is 0. The van der Waals surface area contributed by atoms with Gasteiger partial charge in [-0.15, -0.1) is 0 Å². The number of esters is 1. The molecule has 17 heavy (non-hydrogen) atoms. The second-order valence-corrected chi connectivity index (χ2v) is 5.08. The zero-order valence-electron chi connectivity index (χ0n) is 11.0. The number of ether oxygens (including phenoxy) is 1. The van der Waals surface area contributed by atoms with E-state index in [9.17, 15) is 4.79 Å². The summed E-state index contributed by atoms with van der Waals surface area (Å²) >= 11 is 0. The predicted molar refractivity (Wildman–Crippen MR) is 70.8 cm³/mol. The monoisotopic (exact) mass is 238 g/mol. The van der Waals surface area contributed by atoms with Crippen molar-refractivity contribution < 1.29 is 9.53 Å². The van der Waals surface area contributed by atoms with Crippen molar-refractivity contribution in [3.05, 3.63) is 12.7 Å². The molecule has 0 N–H and O–H groups in total. The summed E-state index contributed by atoms with van der Waals surface area (Å²) in [6.07, 6.45) is 14.1. The van der Waals surface area contributed by atoms with Gasteiger partial charge < -0.3 is 4.74 Å². The molecule has 0 heterocycles. The van der Waals surface area contributed by atoms with Crippen LogP contribution in [0.3, 0.4) is 0 Å². The Labute approximate surface area is 105 Å². The molecule has 1 aliphatic rings. The Hall–Kier alpha value is -0.790. The van der Waals surface area contributed by atoms with Gasteiger partial charge >= 0.3 is 5.97 Å². The van der Waals surface area contributed by atoms with Crippen LogP contribution >= 0.6 is 0 Å². The molecule has 2 heteroatoms. The predicted octanol–water partition coefficient (Wildman–Crippen LogP) is 4.25. The summed E-state index contributed by atoms with van der Waals surface area (Å²) in [6, 6.07) is 0. The Morgan fingerprint density at radius 1 is 1.18 bits per heavy atom. The number of unbranched alkanes of at least 4 members (excludes halogenated alkanes) is 2. The summed E-state index contributed by atoms with van der Waals surface area (Å²) in [5.74, 6) is 0.888. The smallest absolute Gasteiger partial charge is 0.306 e. The van der Waals surface area contributed by atoms with Crippen molar-refractivity contribution in [2.24, 2.45) is 5.92 Å². The molecule has 0 aliphatic heterocycles. The molecule has 0 aromatic heterocycles. The van der Waals surface area contributed by atoms with Gasteiger partial charge in [0.05, 0.1) is 0 Å². The summed E-state index contributed by atoms with van der Waals surface area (Å²) in [5.41, 5.74) is 0. The normalized spacial score (nSPS) is 16.7. The maximum absolute atomic E-state index is 11.2. The lowest BCUT2D eigenvalue weighted by atomic mass is 9.85. The van der Waals surface area contributed by atoms with Gasteiger partial charge in [0.25, 0.3) is 0 Å². The molecule has 1 fully saturated rings. The lowest BCUT2D eigenvalue weighted by molar-refractivity contribution is -0.142. The topological polar surface area (TPSA) is 26.3 Å². The van der Waals surface area contributed by atoms with Crippen molar-refractivity contribution in [2.45, 2.75) is 64.2 Å². The number of carbonyl (C=O) groups is 1. The minimum Gasteiger partial charge on any atom is -0.461 e. The van der Waals surface area contributed by atoms with E-state index in [0.29, 0.717) is 13.0 Å². The molecule has 0 radical (unpaired) electrons. The van der Waals surface area contributed by atoms with Gasteiger partial charge in [-0.2, -0.15) is 0 Å². The van der Waals surface area contributed by atoms with E-state index in [4.69, 9.17) is 4.74 Å². The molecule has 0 saturated heterocycles. The lowest BCUT2D eigenvalue weighted by Gasteiger charge is -2.21. The Morgan fingerprint density at radius 3 is 2.65 bits per heavy atom. The van der Waals surface area contributed by atoms with Crippen molar-refractivity contribution in [3.8, 4) is 0 Å². The first-order valence-electron chi connectivity index (χ1n) is 7.09. The fraction of sp³-hybridized carbons (Fsp3) is 0.800. The number of carbonyl (C=O) groups excluding carboxylic acids is 1. The van der Waals surface area contributed by atoms with E-state index >= 15 is 0 Å². The van der Waals surface area contributed by atoms with Crippen LogP contribution in [0.4, 0.5) is 0 Å². The molecule has 0 spiro atoms. The van der Waals surface area contributed by atoms with E-state index in [-0.39, 0.29) is 5.97 Å². The third-order valence-corrected chi connectivity index (χ3v) is 3.58. The van der Waals surface area contributed by atoms with Gasteiger partial charge in [-0.25, -0.2) is 0 Å². The van der Waals surface area contributed by atoms with E-state index in [2.05, 4.69) is 6.58 Å². The van der Waals surface area contributed by atoms with E-state index in [1.54, 1.807) is 6.08 Å². The van der Waals surface area contributed by atoms with Crippen LogP contribution in [0, 0.1) is 5.92 Å². The highest BCUT2D eigenvalue weighted by molar-refractivity contribution is 5.69. The second kappa shape index (κ2) is 9.26. The van der Waals surface area contributed by atoms with Gasteiger partial charge in [0, 0.05) is 6.42 Å². The fourth-order valence-electron chi connectivity index (χ4n) is 2.58. The summed E-state index contributed by atoms with van der Waals surface area (Å²) in [7, 11) is 0. The van der Waals surface area contributed by atoms with Gasteiger partial charge in [-0.05, 0) is 12.3 Å². The van der Waals surface area contributed by atoms with Gasteiger partial charge in [-0.1, -0.05) is 64.0 Å². The van der Waals surface area contributed by atoms with Crippen LogP contribution < -0.4 is 0 Å². The Morgan fingerprint density at radius 2 is 1.94 bits per heavy atom. The molecule has 2 nitrogen and oxygen atoms in total.